The average molecular weight is 308 g/mol. The lowest BCUT2D eigenvalue weighted by Gasteiger charge is -2.11. The molecule has 0 atom stereocenters. The third-order valence-electron chi connectivity index (χ3n) is 2.85. The molecule has 0 heterocycles. The molecule has 112 valence electrons. The van der Waals surface area contributed by atoms with Gasteiger partial charge in [-0.15, -0.1) is 0 Å². The van der Waals surface area contributed by atoms with Crippen molar-refractivity contribution >= 4 is 15.7 Å². The number of sulfonamides is 1. The van der Waals surface area contributed by atoms with Crippen LogP contribution in [0.3, 0.4) is 0 Å². The second kappa shape index (κ2) is 6.02. The van der Waals surface area contributed by atoms with E-state index in [0.717, 1.165) is 0 Å². The summed E-state index contributed by atoms with van der Waals surface area (Å²) in [5, 5.41) is 0. The fraction of sp³-hybridized carbons (Fsp3) is 0.143. The van der Waals surface area contributed by atoms with Gasteiger partial charge in [-0.1, -0.05) is 0 Å². The maximum atomic E-state index is 11.8. The zero-order valence-electron chi connectivity index (χ0n) is 11.7. The summed E-state index contributed by atoms with van der Waals surface area (Å²) in [4.78, 5) is 0.0858. The van der Waals surface area contributed by atoms with Crippen LogP contribution in [0.5, 0.6) is 17.2 Å². The largest absolute Gasteiger partial charge is 0.497 e. The van der Waals surface area contributed by atoms with Gasteiger partial charge >= 0.3 is 0 Å². The summed E-state index contributed by atoms with van der Waals surface area (Å²) in [6, 6.07) is 11.2. The highest BCUT2D eigenvalue weighted by Crippen LogP contribution is 2.30. The van der Waals surface area contributed by atoms with E-state index < -0.39 is 10.0 Å². The first-order valence-corrected chi connectivity index (χ1v) is 7.59. The molecule has 7 heteroatoms. The number of hydrogen-bond acceptors (Lipinski definition) is 5. The lowest BCUT2D eigenvalue weighted by atomic mass is 10.3. The van der Waals surface area contributed by atoms with Gasteiger partial charge in [0, 0.05) is 6.07 Å². The Kier molecular flexibility index (Phi) is 4.35. The first-order valence-electron chi connectivity index (χ1n) is 6.11. The maximum Gasteiger partial charge on any atom is 0.240 e. The Morgan fingerprint density at radius 1 is 1.05 bits per heavy atom. The second-order valence-electron chi connectivity index (χ2n) is 4.18. The van der Waals surface area contributed by atoms with Crippen LogP contribution >= 0.6 is 0 Å². The molecule has 0 aromatic heterocycles. The first-order chi connectivity index (χ1) is 9.96. The monoisotopic (exact) mass is 308 g/mol. The smallest absolute Gasteiger partial charge is 0.240 e. The van der Waals surface area contributed by atoms with Crippen LogP contribution in [0.15, 0.2) is 47.4 Å². The Hall–Kier alpha value is -2.25. The van der Waals surface area contributed by atoms with Crippen molar-refractivity contribution in [3.05, 3.63) is 42.5 Å². The molecule has 0 amide bonds. The van der Waals surface area contributed by atoms with Crippen molar-refractivity contribution in [3.8, 4) is 17.2 Å². The average Bonchev–Trinajstić information content (AvgIpc) is 2.50. The van der Waals surface area contributed by atoms with Crippen molar-refractivity contribution < 1.29 is 17.9 Å². The van der Waals surface area contributed by atoms with Crippen LogP contribution in [0.2, 0.25) is 0 Å². The van der Waals surface area contributed by atoms with Gasteiger partial charge in [0.15, 0.2) is 5.75 Å². The summed E-state index contributed by atoms with van der Waals surface area (Å²) in [7, 11) is -0.634. The van der Waals surface area contributed by atoms with Crippen LogP contribution in [0.1, 0.15) is 0 Å². The summed E-state index contributed by atoms with van der Waals surface area (Å²) in [5.74, 6) is 1.50. The molecule has 0 radical (unpaired) electrons. The molecular formula is C14H16N2O4S. The number of methoxy groups -OCH3 is 1. The number of nitrogens with one attached hydrogen (secondary N) is 1. The molecule has 0 aliphatic rings. The van der Waals surface area contributed by atoms with Crippen LogP contribution in [0, 0.1) is 0 Å². The van der Waals surface area contributed by atoms with E-state index in [1.54, 1.807) is 31.4 Å². The molecule has 0 aliphatic carbocycles. The fourth-order valence-electron chi connectivity index (χ4n) is 1.66. The zero-order chi connectivity index (χ0) is 15.5. The van der Waals surface area contributed by atoms with Gasteiger partial charge in [0.25, 0.3) is 0 Å². The molecule has 6 nitrogen and oxygen atoms in total. The highest BCUT2D eigenvalue weighted by molar-refractivity contribution is 7.89. The van der Waals surface area contributed by atoms with Crippen molar-refractivity contribution in [1.29, 1.82) is 0 Å². The Balaban J connectivity index is 2.32. The molecule has 2 aromatic carbocycles. The number of nitrogen functional groups attached to an aromatic ring is 1. The van der Waals surface area contributed by atoms with E-state index in [1.165, 1.54) is 25.2 Å². The minimum Gasteiger partial charge on any atom is -0.497 e. The standard InChI is InChI=1S/C14H16N2O4S/c1-16-21(17,18)12-7-8-13(15)14(9-12)20-11-5-3-10(19-2)4-6-11/h3-9,16H,15H2,1-2H3. The summed E-state index contributed by atoms with van der Waals surface area (Å²) in [5.41, 5.74) is 6.16. The number of benzene rings is 2. The number of hydrogen-bond donors (Lipinski definition) is 2. The van der Waals surface area contributed by atoms with Crippen molar-refractivity contribution in [1.82, 2.24) is 4.72 Å². The van der Waals surface area contributed by atoms with E-state index in [1.807, 2.05) is 0 Å². The molecule has 0 spiro atoms. The Morgan fingerprint density at radius 2 is 1.67 bits per heavy atom. The zero-order valence-corrected chi connectivity index (χ0v) is 12.5. The van der Waals surface area contributed by atoms with E-state index in [9.17, 15) is 8.42 Å². The predicted molar refractivity (Wildman–Crippen MR) is 80.2 cm³/mol. The molecule has 2 aromatic rings. The summed E-state index contributed by atoms with van der Waals surface area (Å²) >= 11 is 0. The minimum absolute atomic E-state index is 0.0858. The van der Waals surface area contributed by atoms with Crippen molar-refractivity contribution in [3.63, 3.8) is 0 Å². The van der Waals surface area contributed by atoms with Crippen LogP contribution in [-0.2, 0) is 10.0 Å². The molecule has 0 unspecified atom stereocenters. The third kappa shape index (κ3) is 3.45. The third-order valence-corrected chi connectivity index (χ3v) is 4.26. The van der Waals surface area contributed by atoms with Gasteiger partial charge in [-0.25, -0.2) is 13.1 Å². The molecule has 21 heavy (non-hydrogen) atoms. The Labute approximate surface area is 123 Å². The quantitative estimate of drug-likeness (QED) is 0.824. The lowest BCUT2D eigenvalue weighted by molar-refractivity contribution is 0.413. The van der Waals surface area contributed by atoms with Crippen molar-refractivity contribution in [2.24, 2.45) is 0 Å². The Bertz CT molecular complexity index is 727. The van der Waals surface area contributed by atoms with Gasteiger partial charge in [0.05, 0.1) is 17.7 Å². The van der Waals surface area contributed by atoms with Gasteiger partial charge in [-0.3, -0.25) is 0 Å². The second-order valence-corrected chi connectivity index (χ2v) is 6.07. The number of nitrogens with two attached hydrogens (primary N) is 1. The van der Waals surface area contributed by atoms with Gasteiger partial charge in [0.2, 0.25) is 10.0 Å². The lowest BCUT2D eigenvalue weighted by Crippen LogP contribution is -2.18. The number of rotatable bonds is 5. The fourth-order valence-corrected chi connectivity index (χ4v) is 2.40. The molecule has 2 rings (SSSR count). The molecule has 0 aliphatic heterocycles. The molecule has 0 saturated carbocycles. The van der Waals surface area contributed by atoms with E-state index in [0.29, 0.717) is 17.2 Å². The normalized spacial score (nSPS) is 11.1. The van der Waals surface area contributed by atoms with Gasteiger partial charge in [-0.2, -0.15) is 0 Å². The number of anilines is 1. The van der Waals surface area contributed by atoms with E-state index in [2.05, 4.69) is 4.72 Å². The highest BCUT2D eigenvalue weighted by atomic mass is 32.2. The SMILES string of the molecule is CNS(=O)(=O)c1ccc(N)c(Oc2ccc(OC)cc2)c1. The number of ether oxygens (including phenoxy) is 2. The van der Waals surface area contributed by atoms with Crippen LogP contribution in [-0.4, -0.2) is 22.6 Å². The Morgan fingerprint density at radius 3 is 2.24 bits per heavy atom. The van der Waals surface area contributed by atoms with E-state index in [4.69, 9.17) is 15.2 Å². The van der Waals surface area contributed by atoms with E-state index in [-0.39, 0.29) is 10.6 Å². The highest BCUT2D eigenvalue weighted by Gasteiger charge is 2.14. The van der Waals surface area contributed by atoms with E-state index >= 15 is 0 Å². The molecule has 0 bridgehead atoms. The van der Waals surface area contributed by atoms with Gasteiger partial charge < -0.3 is 15.2 Å². The predicted octanol–water partition coefficient (Wildman–Crippen LogP) is 1.98. The van der Waals surface area contributed by atoms with Crippen molar-refractivity contribution in [2.45, 2.75) is 4.90 Å². The maximum absolute atomic E-state index is 11.8. The topological polar surface area (TPSA) is 90.7 Å². The van der Waals surface area contributed by atoms with Gasteiger partial charge in [0.1, 0.15) is 11.5 Å². The summed E-state index contributed by atoms with van der Waals surface area (Å²) in [6.45, 7) is 0. The first kappa shape index (κ1) is 15.1. The van der Waals surface area contributed by atoms with Crippen LogP contribution < -0.4 is 19.9 Å². The summed E-state index contributed by atoms with van der Waals surface area (Å²) < 4.78 is 36.5. The molecule has 0 saturated heterocycles. The van der Waals surface area contributed by atoms with Crippen LogP contribution in [0.4, 0.5) is 5.69 Å². The molecular weight excluding hydrogens is 292 g/mol. The van der Waals surface area contributed by atoms with Crippen molar-refractivity contribution in [2.75, 3.05) is 19.9 Å². The minimum atomic E-state index is -3.55. The molecule has 3 N–H and O–H groups in total. The summed E-state index contributed by atoms with van der Waals surface area (Å²) in [6.07, 6.45) is 0. The molecule has 0 fully saturated rings. The van der Waals surface area contributed by atoms with Gasteiger partial charge in [-0.05, 0) is 43.4 Å². The van der Waals surface area contributed by atoms with Crippen LogP contribution in [0.25, 0.3) is 0 Å².